The highest BCUT2D eigenvalue weighted by molar-refractivity contribution is 9.10. The first kappa shape index (κ1) is 14.2. The molecule has 0 aliphatic carbocycles. The molecule has 3 aromatic rings. The molecule has 0 aliphatic heterocycles. The molecule has 0 radical (unpaired) electrons. The largest absolute Gasteiger partial charge is 0.330 e. The molecule has 3 nitrogen and oxygen atoms in total. The summed E-state index contributed by atoms with van der Waals surface area (Å²) in [4.78, 5) is 4.69. The van der Waals surface area contributed by atoms with Crippen molar-refractivity contribution in [3.8, 4) is 11.3 Å². The predicted octanol–water partition coefficient (Wildman–Crippen LogP) is 3.79. The fourth-order valence-corrected chi connectivity index (χ4v) is 2.75. The number of benzene rings is 1. The number of imidazole rings is 1. The third kappa shape index (κ3) is 2.84. The lowest BCUT2D eigenvalue weighted by molar-refractivity contribution is 0.628. The molecule has 2 N–H and O–H groups in total. The number of halogens is 2. The van der Waals surface area contributed by atoms with Crippen LogP contribution in [0.4, 0.5) is 4.39 Å². The Hall–Kier alpha value is -1.72. The Morgan fingerprint density at radius 2 is 1.90 bits per heavy atom. The van der Waals surface area contributed by atoms with Crippen LogP contribution in [0.25, 0.3) is 16.9 Å². The van der Waals surface area contributed by atoms with Gasteiger partial charge < -0.3 is 10.1 Å². The summed E-state index contributed by atoms with van der Waals surface area (Å²) >= 11 is 3.49. The lowest BCUT2D eigenvalue weighted by Crippen LogP contribution is -2.03. The van der Waals surface area contributed by atoms with E-state index in [1.54, 1.807) is 12.1 Å². The number of aryl methyl sites for hydroxylation is 1. The fourth-order valence-electron chi connectivity index (χ4n) is 2.41. The SMILES string of the molecule is NCCCc1c(-c2ccc(F)cc2)nc2ccc(Br)cn12. The molecule has 0 amide bonds. The monoisotopic (exact) mass is 347 g/mol. The number of nitrogens with two attached hydrogens (primary N) is 1. The summed E-state index contributed by atoms with van der Waals surface area (Å²) in [6.45, 7) is 0.629. The van der Waals surface area contributed by atoms with Crippen molar-refractivity contribution in [2.45, 2.75) is 12.8 Å². The van der Waals surface area contributed by atoms with E-state index in [0.29, 0.717) is 6.54 Å². The molecule has 0 unspecified atom stereocenters. The van der Waals surface area contributed by atoms with Gasteiger partial charge in [0.2, 0.25) is 0 Å². The van der Waals surface area contributed by atoms with Crippen molar-refractivity contribution >= 4 is 21.6 Å². The second-order valence-corrected chi connectivity index (χ2v) is 5.80. The number of nitrogens with zero attached hydrogens (tertiary/aromatic N) is 2. The quantitative estimate of drug-likeness (QED) is 0.780. The Morgan fingerprint density at radius 1 is 1.14 bits per heavy atom. The molecule has 0 saturated heterocycles. The van der Waals surface area contributed by atoms with E-state index in [4.69, 9.17) is 5.73 Å². The summed E-state index contributed by atoms with van der Waals surface area (Å²) in [5.41, 5.74) is 9.43. The van der Waals surface area contributed by atoms with Gasteiger partial charge in [-0.2, -0.15) is 0 Å². The molecule has 1 aromatic carbocycles. The van der Waals surface area contributed by atoms with E-state index in [2.05, 4.69) is 25.3 Å². The molecule has 5 heteroatoms. The van der Waals surface area contributed by atoms with Crippen molar-refractivity contribution in [2.24, 2.45) is 5.73 Å². The molecule has 0 aliphatic rings. The van der Waals surface area contributed by atoms with Gasteiger partial charge in [0.05, 0.1) is 11.4 Å². The van der Waals surface area contributed by atoms with E-state index in [-0.39, 0.29) is 5.82 Å². The van der Waals surface area contributed by atoms with E-state index < -0.39 is 0 Å². The number of aromatic nitrogens is 2. The van der Waals surface area contributed by atoms with Gasteiger partial charge in [0.15, 0.2) is 0 Å². The molecule has 3 rings (SSSR count). The van der Waals surface area contributed by atoms with Crippen LogP contribution in [-0.4, -0.2) is 15.9 Å². The number of pyridine rings is 1. The van der Waals surface area contributed by atoms with Crippen LogP contribution in [-0.2, 0) is 6.42 Å². The minimum Gasteiger partial charge on any atom is -0.330 e. The minimum absolute atomic E-state index is 0.242. The van der Waals surface area contributed by atoms with Crippen molar-refractivity contribution in [1.82, 2.24) is 9.38 Å². The van der Waals surface area contributed by atoms with Gasteiger partial charge in [0, 0.05) is 16.2 Å². The highest BCUT2D eigenvalue weighted by atomic mass is 79.9. The van der Waals surface area contributed by atoms with Crippen molar-refractivity contribution in [1.29, 1.82) is 0 Å². The van der Waals surface area contributed by atoms with Crippen molar-refractivity contribution in [3.63, 3.8) is 0 Å². The molecule has 0 atom stereocenters. The lowest BCUT2D eigenvalue weighted by atomic mass is 10.1. The molecule has 0 bridgehead atoms. The van der Waals surface area contributed by atoms with Crippen LogP contribution < -0.4 is 5.73 Å². The molecule has 0 spiro atoms. The molecule has 0 saturated carbocycles. The van der Waals surface area contributed by atoms with Crippen LogP contribution >= 0.6 is 15.9 Å². The second kappa shape index (κ2) is 5.95. The molecular weight excluding hydrogens is 333 g/mol. The standard InChI is InChI=1S/C16H15BrFN3/c17-12-5-8-15-20-16(11-3-6-13(18)7-4-11)14(2-1-9-19)21(15)10-12/h3-8,10H,1-2,9,19H2. The topological polar surface area (TPSA) is 43.3 Å². The maximum Gasteiger partial charge on any atom is 0.137 e. The van der Waals surface area contributed by atoms with Crippen molar-refractivity contribution in [3.05, 3.63) is 58.6 Å². The Kier molecular flexibility index (Phi) is 4.03. The Bertz CT molecular complexity index is 765. The normalized spacial score (nSPS) is 11.2. The van der Waals surface area contributed by atoms with Crippen LogP contribution in [0.1, 0.15) is 12.1 Å². The molecule has 21 heavy (non-hydrogen) atoms. The molecule has 0 fully saturated rings. The zero-order valence-corrected chi connectivity index (χ0v) is 13.0. The minimum atomic E-state index is -0.242. The highest BCUT2D eigenvalue weighted by Gasteiger charge is 2.14. The van der Waals surface area contributed by atoms with E-state index >= 15 is 0 Å². The van der Waals surface area contributed by atoms with Gasteiger partial charge in [-0.25, -0.2) is 9.37 Å². The number of hydrogen-bond donors (Lipinski definition) is 1. The number of fused-ring (bicyclic) bond motifs is 1. The van der Waals surface area contributed by atoms with E-state index in [1.165, 1.54) is 12.1 Å². The first-order valence-electron chi connectivity index (χ1n) is 6.81. The predicted molar refractivity (Wildman–Crippen MR) is 85.7 cm³/mol. The van der Waals surface area contributed by atoms with Gasteiger partial charge in [0.1, 0.15) is 11.5 Å². The summed E-state index contributed by atoms with van der Waals surface area (Å²) in [6.07, 6.45) is 3.72. The first-order valence-corrected chi connectivity index (χ1v) is 7.61. The van der Waals surface area contributed by atoms with Gasteiger partial charge in [0.25, 0.3) is 0 Å². The Morgan fingerprint density at radius 3 is 2.62 bits per heavy atom. The third-order valence-corrected chi connectivity index (χ3v) is 3.89. The first-order chi connectivity index (χ1) is 10.2. The average molecular weight is 348 g/mol. The maximum absolute atomic E-state index is 13.1. The van der Waals surface area contributed by atoms with Crippen molar-refractivity contribution < 1.29 is 4.39 Å². The summed E-state index contributed by atoms with van der Waals surface area (Å²) in [5, 5.41) is 0. The summed E-state index contributed by atoms with van der Waals surface area (Å²) in [7, 11) is 0. The van der Waals surface area contributed by atoms with Crippen LogP contribution in [0.2, 0.25) is 0 Å². The summed E-state index contributed by atoms with van der Waals surface area (Å²) < 4.78 is 16.2. The molecule has 108 valence electrons. The van der Waals surface area contributed by atoms with Crippen LogP contribution in [0, 0.1) is 5.82 Å². The summed E-state index contributed by atoms with van der Waals surface area (Å²) in [5.74, 6) is -0.242. The van der Waals surface area contributed by atoms with Gasteiger partial charge in [-0.05, 0) is 71.7 Å². The zero-order chi connectivity index (χ0) is 14.8. The van der Waals surface area contributed by atoms with E-state index in [9.17, 15) is 4.39 Å². The van der Waals surface area contributed by atoms with E-state index in [1.807, 2.05) is 18.3 Å². The fraction of sp³-hybridized carbons (Fsp3) is 0.188. The van der Waals surface area contributed by atoms with Crippen molar-refractivity contribution in [2.75, 3.05) is 6.54 Å². The Labute approximate surface area is 130 Å². The highest BCUT2D eigenvalue weighted by Crippen LogP contribution is 2.27. The second-order valence-electron chi connectivity index (χ2n) is 4.88. The van der Waals surface area contributed by atoms with Gasteiger partial charge in [-0.15, -0.1) is 0 Å². The van der Waals surface area contributed by atoms with Gasteiger partial charge in [-0.1, -0.05) is 0 Å². The average Bonchev–Trinajstić information content (AvgIpc) is 2.83. The number of rotatable bonds is 4. The van der Waals surface area contributed by atoms with E-state index in [0.717, 1.165) is 39.9 Å². The summed E-state index contributed by atoms with van der Waals surface area (Å²) in [6, 6.07) is 10.4. The molecular formula is C16H15BrFN3. The van der Waals surface area contributed by atoms with Gasteiger partial charge in [-0.3, -0.25) is 0 Å². The van der Waals surface area contributed by atoms with Crippen LogP contribution in [0.3, 0.4) is 0 Å². The molecule has 2 aromatic heterocycles. The number of hydrogen-bond acceptors (Lipinski definition) is 2. The van der Waals surface area contributed by atoms with Gasteiger partial charge >= 0.3 is 0 Å². The van der Waals surface area contributed by atoms with Crippen LogP contribution in [0.15, 0.2) is 47.1 Å². The maximum atomic E-state index is 13.1. The van der Waals surface area contributed by atoms with Crippen LogP contribution in [0.5, 0.6) is 0 Å². The third-order valence-electron chi connectivity index (χ3n) is 3.42. The molecule has 2 heterocycles. The smallest absolute Gasteiger partial charge is 0.137 e. The Balaban J connectivity index is 2.18. The lowest BCUT2D eigenvalue weighted by Gasteiger charge is -2.05. The zero-order valence-electron chi connectivity index (χ0n) is 11.4.